The van der Waals surface area contributed by atoms with Crippen LogP contribution >= 0.6 is 90.4 Å². The van der Waals surface area contributed by atoms with E-state index in [0.29, 0.717) is 17.0 Å². The lowest BCUT2D eigenvalue weighted by Gasteiger charge is -2.10. The van der Waals surface area contributed by atoms with E-state index in [4.69, 9.17) is 11.3 Å². The number of halogens is 4. The summed E-state index contributed by atoms with van der Waals surface area (Å²) in [6.07, 6.45) is 0. The topological polar surface area (TPSA) is 30.7 Å². The average molecular weight is 751 g/mol. The lowest BCUT2D eigenvalue weighted by molar-refractivity contribution is 0.0715. The average Bonchev–Trinajstić information content (AvgIpc) is 2.90. The summed E-state index contributed by atoms with van der Waals surface area (Å²) in [5.41, 5.74) is 2.41. The number of ether oxygens (including phenoxy) is 1. The van der Waals surface area contributed by atoms with E-state index in [1.165, 1.54) is 0 Å². The lowest BCUT2D eigenvalue weighted by Crippen LogP contribution is -2.03. The van der Waals surface area contributed by atoms with Gasteiger partial charge in [-0.3, -0.25) is 0 Å². The summed E-state index contributed by atoms with van der Waals surface area (Å²) in [4.78, 5) is 16.0. The molecular weight excluding hydrogens is 746 g/mol. The molecule has 0 unspecified atom stereocenters. The molecule has 7 heteroatoms. The third-order valence-corrected chi connectivity index (χ3v) is 10.7. The van der Waals surface area contributed by atoms with Gasteiger partial charge in [0.2, 0.25) is 5.70 Å². The van der Waals surface area contributed by atoms with Crippen molar-refractivity contribution in [1.82, 2.24) is 0 Å². The third kappa shape index (κ3) is 3.04. The van der Waals surface area contributed by atoms with Crippen LogP contribution in [0.15, 0.2) is 30.3 Å². The van der Waals surface area contributed by atoms with E-state index in [-0.39, 0.29) is 5.97 Å². The molecule has 1 aliphatic heterocycles. The fourth-order valence-electron chi connectivity index (χ4n) is 2.24. The highest BCUT2D eigenvalue weighted by Crippen LogP contribution is 2.44. The van der Waals surface area contributed by atoms with Gasteiger partial charge >= 0.3 is 5.97 Å². The minimum absolute atomic E-state index is 0.364. The molecule has 0 amide bonds. The molecule has 0 fully saturated rings. The molecule has 1 heterocycles. The van der Waals surface area contributed by atoms with Crippen molar-refractivity contribution in [2.75, 3.05) is 0 Å². The van der Waals surface area contributed by atoms with Crippen LogP contribution in [0.25, 0.3) is 16.3 Å². The summed E-state index contributed by atoms with van der Waals surface area (Å²) in [6, 6.07) is 9.32. The Balaban J connectivity index is 2.39. The Morgan fingerprint density at radius 1 is 0.913 bits per heavy atom. The Kier molecular flexibility index (Phi) is 5.53. The molecule has 23 heavy (non-hydrogen) atoms. The van der Waals surface area contributed by atoms with Crippen LogP contribution in [0.2, 0.25) is 0 Å². The fourth-order valence-corrected chi connectivity index (χ4v) is 5.90. The van der Waals surface area contributed by atoms with Crippen molar-refractivity contribution in [2.24, 2.45) is 0 Å². The Morgan fingerprint density at radius 3 is 2.04 bits per heavy atom. The van der Waals surface area contributed by atoms with Crippen LogP contribution in [0.3, 0.4) is 0 Å². The molecule has 2 aromatic carbocycles. The number of nitrogens with zero attached hydrogens (tertiary/aromatic N) is 1. The molecule has 0 aromatic heterocycles. The first kappa shape index (κ1) is 17.9. The normalized spacial score (nSPS) is 15.0. The first-order valence-corrected chi connectivity index (χ1v) is 10.5. The molecular formula is C16H5I4NO2. The minimum atomic E-state index is -0.385. The van der Waals surface area contributed by atoms with Gasteiger partial charge in [-0.15, -0.1) is 0 Å². The van der Waals surface area contributed by atoms with E-state index < -0.39 is 0 Å². The first-order chi connectivity index (χ1) is 11.0. The Bertz CT molecular complexity index is 914. The van der Waals surface area contributed by atoms with Crippen LogP contribution in [0.4, 0.5) is 0 Å². The fraction of sp³-hybridized carbons (Fsp3) is 0. The predicted octanol–water partition coefficient (Wildman–Crippen LogP) is 6.02. The minimum Gasteiger partial charge on any atom is -0.434 e. The molecule has 114 valence electrons. The van der Waals surface area contributed by atoms with Crippen molar-refractivity contribution in [3.05, 3.63) is 72.7 Å². The number of hydrogen-bond acceptors (Lipinski definition) is 2. The molecule has 0 atom stereocenters. The van der Waals surface area contributed by atoms with Crippen LogP contribution < -0.4 is 0 Å². The zero-order valence-corrected chi connectivity index (χ0v) is 19.8. The zero-order chi connectivity index (χ0) is 16.7. The van der Waals surface area contributed by atoms with Gasteiger partial charge in [0.25, 0.3) is 0 Å². The summed E-state index contributed by atoms with van der Waals surface area (Å²) in [6.45, 7) is 7.56. The van der Waals surface area contributed by atoms with Crippen LogP contribution in [-0.4, -0.2) is 5.97 Å². The Hall–Kier alpha value is 0.0600. The number of esters is 1. The summed E-state index contributed by atoms with van der Waals surface area (Å²) in [5.74, 6) is -0.0217. The molecule has 0 aliphatic carbocycles. The standard InChI is InChI=1S/C16H5I4NO2/c1-21-14(7-5-3-2-4-6-7)15-8-9(16(22)23-15)11(18)13(20)12(19)10(8)17/h2-6H/b15-14+. The smallest absolute Gasteiger partial charge is 0.344 e. The number of benzene rings is 2. The zero-order valence-electron chi connectivity index (χ0n) is 11.2. The number of fused-ring (bicyclic) bond motifs is 1. The largest absolute Gasteiger partial charge is 0.434 e. The third-order valence-electron chi connectivity index (χ3n) is 3.27. The van der Waals surface area contributed by atoms with Gasteiger partial charge in [0, 0.05) is 19.8 Å². The highest BCUT2D eigenvalue weighted by Gasteiger charge is 2.36. The van der Waals surface area contributed by atoms with Gasteiger partial charge in [-0.1, -0.05) is 30.3 Å². The lowest BCUT2D eigenvalue weighted by atomic mass is 10.0. The van der Waals surface area contributed by atoms with Gasteiger partial charge in [0.05, 0.1) is 12.1 Å². The first-order valence-electron chi connectivity index (χ1n) is 6.23. The van der Waals surface area contributed by atoms with E-state index in [0.717, 1.165) is 25.4 Å². The van der Waals surface area contributed by atoms with Gasteiger partial charge in [0.1, 0.15) is 5.76 Å². The van der Waals surface area contributed by atoms with E-state index >= 15 is 0 Å². The van der Waals surface area contributed by atoms with Gasteiger partial charge in [0.15, 0.2) is 0 Å². The molecule has 0 radical (unpaired) electrons. The van der Waals surface area contributed by atoms with E-state index in [9.17, 15) is 4.79 Å². The second kappa shape index (κ2) is 7.12. The highest BCUT2D eigenvalue weighted by molar-refractivity contribution is 14.1. The van der Waals surface area contributed by atoms with Crippen molar-refractivity contribution < 1.29 is 9.53 Å². The quantitative estimate of drug-likeness (QED) is 0.118. The molecule has 3 nitrogen and oxygen atoms in total. The number of carbonyl (C=O) groups is 1. The predicted molar refractivity (Wildman–Crippen MR) is 123 cm³/mol. The summed E-state index contributed by atoms with van der Waals surface area (Å²) >= 11 is 8.90. The van der Waals surface area contributed by atoms with Crippen LogP contribution in [-0.2, 0) is 4.74 Å². The number of hydrogen-bond donors (Lipinski definition) is 0. The second-order valence-electron chi connectivity index (χ2n) is 4.55. The number of carbonyl (C=O) groups excluding carboxylic acids is 1. The van der Waals surface area contributed by atoms with Crippen LogP contribution in [0, 0.1) is 20.9 Å². The molecule has 0 saturated carbocycles. The van der Waals surface area contributed by atoms with Crippen molar-refractivity contribution in [3.8, 4) is 0 Å². The summed E-state index contributed by atoms with van der Waals surface area (Å²) in [7, 11) is 0. The van der Waals surface area contributed by atoms with Crippen molar-refractivity contribution >= 4 is 108 Å². The van der Waals surface area contributed by atoms with E-state index in [1.54, 1.807) is 0 Å². The van der Waals surface area contributed by atoms with Crippen molar-refractivity contribution in [3.63, 3.8) is 0 Å². The Labute approximate surface area is 187 Å². The van der Waals surface area contributed by atoms with Crippen LogP contribution in [0.5, 0.6) is 0 Å². The van der Waals surface area contributed by atoms with Gasteiger partial charge < -0.3 is 4.74 Å². The van der Waals surface area contributed by atoms with E-state index in [1.807, 2.05) is 30.3 Å². The molecule has 0 bridgehead atoms. The van der Waals surface area contributed by atoms with Crippen LogP contribution in [0.1, 0.15) is 21.5 Å². The monoisotopic (exact) mass is 751 g/mol. The second-order valence-corrected chi connectivity index (χ2v) is 8.87. The number of cyclic esters (lactones) is 1. The van der Waals surface area contributed by atoms with Crippen molar-refractivity contribution in [1.29, 1.82) is 0 Å². The van der Waals surface area contributed by atoms with Gasteiger partial charge in [-0.25, -0.2) is 9.64 Å². The Morgan fingerprint density at radius 2 is 1.48 bits per heavy atom. The van der Waals surface area contributed by atoms with Gasteiger partial charge in [-0.05, 0) is 95.9 Å². The molecule has 3 rings (SSSR count). The van der Waals surface area contributed by atoms with Crippen molar-refractivity contribution in [2.45, 2.75) is 0 Å². The maximum atomic E-state index is 12.4. The SMILES string of the molecule is [C-]#[N+]/C(=C1/OC(=O)c2c(I)c(I)c(I)c(I)c21)c1ccccc1. The number of rotatable bonds is 1. The summed E-state index contributed by atoms with van der Waals surface area (Å²) < 4.78 is 9.45. The van der Waals surface area contributed by atoms with Gasteiger partial charge in [-0.2, -0.15) is 0 Å². The molecule has 2 aromatic rings. The molecule has 1 aliphatic rings. The molecule has 0 N–H and O–H groups in total. The molecule has 0 saturated heterocycles. The highest BCUT2D eigenvalue weighted by atomic mass is 127. The summed E-state index contributed by atoms with van der Waals surface area (Å²) in [5, 5.41) is 0. The maximum Gasteiger partial charge on any atom is 0.344 e. The molecule has 0 spiro atoms. The maximum absolute atomic E-state index is 12.4. The van der Waals surface area contributed by atoms with E-state index in [2.05, 4.69) is 95.2 Å².